The molecule has 2 aromatic rings. The van der Waals surface area contributed by atoms with Crippen molar-refractivity contribution in [1.29, 1.82) is 0 Å². The first-order valence-electron chi connectivity index (χ1n) is 7.78. The van der Waals surface area contributed by atoms with Gasteiger partial charge < -0.3 is 14.8 Å². The number of carbonyl (C=O) groups is 2. The summed E-state index contributed by atoms with van der Waals surface area (Å²) in [5, 5.41) is 2.98. The summed E-state index contributed by atoms with van der Waals surface area (Å²) in [4.78, 5) is 26.1. The molecule has 6 nitrogen and oxygen atoms in total. The Hall–Kier alpha value is -3.35. The van der Waals surface area contributed by atoms with Crippen LogP contribution >= 0.6 is 0 Å². The van der Waals surface area contributed by atoms with Crippen LogP contribution in [0.4, 0.5) is 10.1 Å². The monoisotopic (exact) mass is 356 g/mol. The summed E-state index contributed by atoms with van der Waals surface area (Å²) < 4.78 is 23.7. The van der Waals surface area contributed by atoms with Crippen LogP contribution in [-0.4, -0.2) is 38.0 Å². The van der Waals surface area contributed by atoms with Crippen molar-refractivity contribution in [2.75, 3.05) is 26.6 Å². The minimum atomic E-state index is -0.487. The van der Waals surface area contributed by atoms with Crippen LogP contribution in [0.5, 0.6) is 11.5 Å². The van der Waals surface area contributed by atoms with E-state index in [1.54, 1.807) is 18.2 Å². The first-order valence-corrected chi connectivity index (χ1v) is 7.78. The van der Waals surface area contributed by atoms with Crippen LogP contribution in [-0.2, 0) is 9.59 Å². The number of ether oxygens (including phenoxy) is 2. The summed E-state index contributed by atoms with van der Waals surface area (Å²) in [5.41, 5.74) is 1.18. The van der Waals surface area contributed by atoms with Gasteiger partial charge in [0.15, 0.2) is 0 Å². The fourth-order valence-electron chi connectivity index (χ4n) is 2.69. The second-order valence-electron chi connectivity index (χ2n) is 5.62. The zero-order chi connectivity index (χ0) is 18.8. The molecule has 1 heterocycles. The molecule has 0 saturated heterocycles. The zero-order valence-corrected chi connectivity index (χ0v) is 14.5. The van der Waals surface area contributed by atoms with Crippen molar-refractivity contribution in [2.24, 2.45) is 0 Å². The summed E-state index contributed by atoms with van der Waals surface area (Å²) in [6, 6.07) is 10.4. The van der Waals surface area contributed by atoms with Gasteiger partial charge in [-0.05, 0) is 29.8 Å². The second kappa shape index (κ2) is 6.87. The molecule has 0 radical (unpaired) electrons. The number of rotatable bonds is 5. The fourth-order valence-corrected chi connectivity index (χ4v) is 2.69. The van der Waals surface area contributed by atoms with E-state index in [0.29, 0.717) is 22.7 Å². The lowest BCUT2D eigenvalue weighted by Crippen LogP contribution is -2.28. The Labute approximate surface area is 149 Å². The Balaban J connectivity index is 2.11. The van der Waals surface area contributed by atoms with E-state index in [2.05, 4.69) is 5.32 Å². The molecule has 7 heteroatoms. The fraction of sp³-hybridized carbons (Fsp3) is 0.158. The second-order valence-corrected chi connectivity index (χ2v) is 5.62. The van der Waals surface area contributed by atoms with Crippen LogP contribution in [0.3, 0.4) is 0 Å². The minimum Gasteiger partial charge on any atom is -0.497 e. The van der Waals surface area contributed by atoms with E-state index >= 15 is 0 Å². The molecule has 0 aromatic heterocycles. The summed E-state index contributed by atoms with van der Waals surface area (Å²) in [5.74, 6) is -0.345. The van der Waals surface area contributed by atoms with Gasteiger partial charge in [0, 0.05) is 13.1 Å². The van der Waals surface area contributed by atoms with Crippen molar-refractivity contribution in [1.82, 2.24) is 4.90 Å². The van der Waals surface area contributed by atoms with Gasteiger partial charge in [-0.3, -0.25) is 14.5 Å². The highest BCUT2D eigenvalue weighted by molar-refractivity contribution is 6.36. The van der Waals surface area contributed by atoms with Gasteiger partial charge >= 0.3 is 0 Å². The quantitative estimate of drug-likeness (QED) is 0.835. The largest absolute Gasteiger partial charge is 0.497 e. The molecule has 0 atom stereocenters. The van der Waals surface area contributed by atoms with Crippen molar-refractivity contribution in [3.63, 3.8) is 0 Å². The number of halogens is 1. The number of benzene rings is 2. The molecular weight excluding hydrogens is 339 g/mol. The lowest BCUT2D eigenvalue weighted by atomic mass is 10.0. The predicted octanol–water partition coefficient (Wildman–Crippen LogP) is 2.66. The van der Waals surface area contributed by atoms with E-state index < -0.39 is 17.6 Å². The molecule has 0 saturated carbocycles. The zero-order valence-electron chi connectivity index (χ0n) is 14.5. The summed E-state index contributed by atoms with van der Waals surface area (Å²) in [6.45, 7) is 0. The maximum atomic E-state index is 13.2. The highest BCUT2D eigenvalue weighted by atomic mass is 19.1. The van der Waals surface area contributed by atoms with Gasteiger partial charge in [0.2, 0.25) is 0 Å². The lowest BCUT2D eigenvalue weighted by molar-refractivity contribution is -0.135. The van der Waals surface area contributed by atoms with Gasteiger partial charge in [-0.25, -0.2) is 4.39 Å². The third kappa shape index (κ3) is 2.99. The number of imide groups is 1. The molecule has 0 bridgehead atoms. The smallest absolute Gasteiger partial charge is 0.277 e. The first-order chi connectivity index (χ1) is 12.5. The van der Waals surface area contributed by atoms with E-state index in [-0.39, 0.29) is 11.3 Å². The van der Waals surface area contributed by atoms with Crippen molar-refractivity contribution >= 4 is 23.1 Å². The molecule has 0 aliphatic carbocycles. The number of likely N-dealkylation sites (N-methyl/N-ethyl adjacent to an activating group) is 1. The van der Waals surface area contributed by atoms with Gasteiger partial charge in [-0.1, -0.05) is 12.1 Å². The van der Waals surface area contributed by atoms with E-state index in [4.69, 9.17) is 9.47 Å². The number of anilines is 1. The van der Waals surface area contributed by atoms with Gasteiger partial charge in [0.25, 0.3) is 11.8 Å². The van der Waals surface area contributed by atoms with Crippen molar-refractivity contribution in [3.05, 3.63) is 59.5 Å². The highest BCUT2D eigenvalue weighted by Crippen LogP contribution is 2.34. The van der Waals surface area contributed by atoms with Crippen LogP contribution < -0.4 is 14.8 Å². The maximum Gasteiger partial charge on any atom is 0.277 e. The molecule has 0 unspecified atom stereocenters. The Morgan fingerprint density at radius 2 is 1.65 bits per heavy atom. The number of carbonyl (C=O) groups excluding carboxylic acids is 2. The molecule has 0 fully saturated rings. The number of hydrogen-bond acceptors (Lipinski definition) is 5. The number of methoxy groups -OCH3 is 2. The van der Waals surface area contributed by atoms with Crippen molar-refractivity contribution < 1.29 is 23.5 Å². The average Bonchev–Trinajstić information content (AvgIpc) is 2.86. The van der Waals surface area contributed by atoms with E-state index in [0.717, 1.165) is 4.90 Å². The van der Waals surface area contributed by atoms with Crippen LogP contribution in [0, 0.1) is 5.82 Å². The Bertz CT molecular complexity index is 906. The maximum absolute atomic E-state index is 13.2. The molecule has 1 aliphatic heterocycles. The molecule has 2 aromatic carbocycles. The molecule has 0 spiro atoms. The van der Waals surface area contributed by atoms with E-state index in [1.807, 2.05) is 0 Å². The van der Waals surface area contributed by atoms with Crippen LogP contribution in [0.1, 0.15) is 5.56 Å². The summed E-state index contributed by atoms with van der Waals surface area (Å²) in [7, 11) is 4.41. The third-order valence-electron chi connectivity index (χ3n) is 4.09. The van der Waals surface area contributed by atoms with Crippen LogP contribution in [0.15, 0.2) is 48.2 Å². The predicted molar refractivity (Wildman–Crippen MR) is 94.3 cm³/mol. The SMILES string of the molecule is COc1ccc(OC)c(NC2=C(c3ccc(F)cc3)C(=O)N(C)C2=O)c1. The Morgan fingerprint density at radius 1 is 0.962 bits per heavy atom. The topological polar surface area (TPSA) is 67.9 Å². The van der Waals surface area contributed by atoms with E-state index in [1.165, 1.54) is 45.5 Å². The molecule has 1 N–H and O–H groups in total. The summed E-state index contributed by atoms with van der Waals surface area (Å²) >= 11 is 0. The summed E-state index contributed by atoms with van der Waals surface area (Å²) in [6.07, 6.45) is 0. The molecule has 2 amide bonds. The lowest BCUT2D eigenvalue weighted by Gasteiger charge is -2.13. The minimum absolute atomic E-state index is 0.0932. The van der Waals surface area contributed by atoms with Crippen LogP contribution in [0.25, 0.3) is 5.57 Å². The number of amides is 2. The highest BCUT2D eigenvalue weighted by Gasteiger charge is 2.37. The third-order valence-corrected chi connectivity index (χ3v) is 4.09. The first kappa shape index (κ1) is 17.5. The number of nitrogens with one attached hydrogen (secondary N) is 1. The van der Waals surface area contributed by atoms with Gasteiger partial charge in [-0.15, -0.1) is 0 Å². The van der Waals surface area contributed by atoms with E-state index in [9.17, 15) is 14.0 Å². The Morgan fingerprint density at radius 3 is 2.27 bits per heavy atom. The molecule has 1 aliphatic rings. The molecule has 134 valence electrons. The van der Waals surface area contributed by atoms with Gasteiger partial charge in [-0.2, -0.15) is 0 Å². The van der Waals surface area contributed by atoms with Gasteiger partial charge in [0.1, 0.15) is 23.0 Å². The van der Waals surface area contributed by atoms with Crippen molar-refractivity contribution in [2.45, 2.75) is 0 Å². The number of nitrogens with zero attached hydrogens (tertiary/aromatic N) is 1. The van der Waals surface area contributed by atoms with Crippen molar-refractivity contribution in [3.8, 4) is 11.5 Å². The molecule has 26 heavy (non-hydrogen) atoms. The van der Waals surface area contributed by atoms with Crippen LogP contribution in [0.2, 0.25) is 0 Å². The number of hydrogen-bond donors (Lipinski definition) is 1. The molecule has 3 rings (SSSR count). The normalized spacial score (nSPS) is 14.1. The average molecular weight is 356 g/mol. The molecular formula is C19H17FN2O4. The van der Waals surface area contributed by atoms with Gasteiger partial charge in [0.05, 0.1) is 25.5 Å². The Kier molecular flexibility index (Phi) is 4.62. The standard InChI is InChI=1S/C19H17FN2O4/c1-22-18(23)16(11-4-6-12(20)7-5-11)17(19(22)24)21-14-10-13(25-2)8-9-15(14)26-3/h4-10,21H,1-3H3.